The van der Waals surface area contributed by atoms with Crippen molar-refractivity contribution in [1.29, 1.82) is 0 Å². The van der Waals surface area contributed by atoms with E-state index in [0.717, 1.165) is 33.9 Å². The molecule has 1 aliphatic carbocycles. The molecule has 0 atom stereocenters. The zero-order valence-corrected chi connectivity index (χ0v) is 18.0. The standard InChI is InChI=1S/C31H21NO/c32-28-15-7-3-9-21(28)20-17-18-27-30(19-20)33-29-16-8-6-14-26(29)31(27)24-12-4-1-10-22(24)23-11-2-5-13-25(23)31/h1-19H,32H2. The van der Waals surface area contributed by atoms with E-state index < -0.39 is 5.41 Å². The number of benzene rings is 5. The van der Waals surface area contributed by atoms with E-state index in [2.05, 4.69) is 91.0 Å². The first kappa shape index (κ1) is 18.3. The highest BCUT2D eigenvalue weighted by Crippen LogP contribution is 2.62. The Bertz CT molecular complexity index is 1520. The predicted molar refractivity (Wildman–Crippen MR) is 134 cm³/mol. The van der Waals surface area contributed by atoms with Crippen molar-refractivity contribution >= 4 is 5.69 Å². The number of para-hydroxylation sites is 2. The van der Waals surface area contributed by atoms with Crippen LogP contribution in [-0.2, 0) is 5.41 Å². The van der Waals surface area contributed by atoms with E-state index in [-0.39, 0.29) is 0 Å². The molecule has 1 aliphatic heterocycles. The summed E-state index contributed by atoms with van der Waals surface area (Å²) in [4.78, 5) is 0. The van der Waals surface area contributed by atoms with Gasteiger partial charge in [0.1, 0.15) is 11.5 Å². The van der Waals surface area contributed by atoms with Crippen molar-refractivity contribution in [3.05, 3.63) is 138 Å². The average molecular weight is 424 g/mol. The average Bonchev–Trinajstić information content (AvgIpc) is 3.16. The first-order valence-corrected chi connectivity index (χ1v) is 11.2. The molecule has 1 heterocycles. The molecule has 156 valence electrons. The maximum Gasteiger partial charge on any atom is 0.132 e. The second-order valence-corrected chi connectivity index (χ2v) is 8.74. The Hall–Kier alpha value is -4.30. The molecule has 0 radical (unpaired) electrons. The zero-order valence-electron chi connectivity index (χ0n) is 18.0. The Kier molecular flexibility index (Phi) is 3.66. The molecule has 1 spiro atoms. The van der Waals surface area contributed by atoms with Gasteiger partial charge in [-0.25, -0.2) is 0 Å². The van der Waals surface area contributed by atoms with Crippen molar-refractivity contribution in [2.45, 2.75) is 5.41 Å². The lowest BCUT2D eigenvalue weighted by molar-refractivity contribution is 0.436. The first-order chi connectivity index (χ1) is 16.3. The van der Waals surface area contributed by atoms with Gasteiger partial charge in [0.2, 0.25) is 0 Å². The van der Waals surface area contributed by atoms with E-state index in [9.17, 15) is 0 Å². The quantitative estimate of drug-likeness (QED) is 0.279. The lowest BCUT2D eigenvalue weighted by Gasteiger charge is -2.39. The van der Waals surface area contributed by atoms with Crippen LogP contribution >= 0.6 is 0 Å². The molecule has 0 aromatic heterocycles. The normalized spacial score (nSPS) is 14.1. The molecule has 2 aliphatic rings. The van der Waals surface area contributed by atoms with E-state index in [1.807, 2.05) is 24.3 Å². The number of nitrogen functional groups attached to an aromatic ring is 1. The van der Waals surface area contributed by atoms with Crippen molar-refractivity contribution in [3.63, 3.8) is 0 Å². The summed E-state index contributed by atoms with van der Waals surface area (Å²) in [6, 6.07) is 40.5. The van der Waals surface area contributed by atoms with Crippen molar-refractivity contribution in [2.24, 2.45) is 0 Å². The SMILES string of the molecule is Nc1ccccc1-c1ccc2c(c1)Oc1ccccc1C21c2ccccc2-c2ccccc21. The first-order valence-electron chi connectivity index (χ1n) is 11.2. The van der Waals surface area contributed by atoms with Crippen LogP contribution in [0.25, 0.3) is 22.3 Å². The van der Waals surface area contributed by atoms with E-state index in [1.165, 1.54) is 27.8 Å². The third kappa shape index (κ3) is 2.33. The van der Waals surface area contributed by atoms with Gasteiger partial charge < -0.3 is 10.5 Å². The molecule has 0 bridgehead atoms. The predicted octanol–water partition coefficient (Wildman–Crippen LogP) is 7.40. The van der Waals surface area contributed by atoms with Crippen LogP contribution in [0.4, 0.5) is 5.69 Å². The third-order valence-electron chi connectivity index (χ3n) is 7.12. The summed E-state index contributed by atoms with van der Waals surface area (Å²) >= 11 is 0. The Balaban J connectivity index is 1.59. The fraction of sp³-hybridized carbons (Fsp3) is 0.0323. The Morgan fingerprint density at radius 1 is 0.485 bits per heavy atom. The Morgan fingerprint density at radius 3 is 1.73 bits per heavy atom. The molecule has 2 nitrogen and oxygen atoms in total. The molecular formula is C31H21NO. The highest BCUT2D eigenvalue weighted by molar-refractivity contribution is 5.89. The highest BCUT2D eigenvalue weighted by Gasteiger charge is 2.50. The molecule has 5 aromatic rings. The van der Waals surface area contributed by atoms with Crippen LogP contribution in [0, 0.1) is 0 Å². The van der Waals surface area contributed by atoms with Crippen molar-refractivity contribution < 1.29 is 4.74 Å². The molecule has 33 heavy (non-hydrogen) atoms. The fourth-order valence-corrected chi connectivity index (χ4v) is 5.79. The smallest absolute Gasteiger partial charge is 0.132 e. The number of anilines is 1. The monoisotopic (exact) mass is 423 g/mol. The topological polar surface area (TPSA) is 35.2 Å². The Morgan fingerprint density at radius 2 is 1.03 bits per heavy atom. The summed E-state index contributed by atoms with van der Waals surface area (Å²) in [6.45, 7) is 0. The van der Waals surface area contributed by atoms with Gasteiger partial charge in [0.25, 0.3) is 0 Å². The summed E-state index contributed by atoms with van der Waals surface area (Å²) in [5.74, 6) is 1.77. The molecule has 0 saturated carbocycles. The minimum Gasteiger partial charge on any atom is -0.457 e. The largest absolute Gasteiger partial charge is 0.457 e. The maximum atomic E-state index is 6.56. The van der Waals surface area contributed by atoms with Gasteiger partial charge in [-0.3, -0.25) is 0 Å². The van der Waals surface area contributed by atoms with Crippen molar-refractivity contribution in [3.8, 4) is 33.8 Å². The minimum atomic E-state index is -0.419. The van der Waals surface area contributed by atoms with Crippen LogP contribution in [0.2, 0.25) is 0 Å². The lowest BCUT2D eigenvalue weighted by Crippen LogP contribution is -2.32. The number of ether oxygens (including phenoxy) is 1. The van der Waals surface area contributed by atoms with Gasteiger partial charge in [0.15, 0.2) is 0 Å². The fourth-order valence-electron chi connectivity index (χ4n) is 5.79. The summed E-state index contributed by atoms with van der Waals surface area (Å²) in [6.07, 6.45) is 0. The van der Waals surface area contributed by atoms with E-state index in [1.54, 1.807) is 0 Å². The van der Waals surface area contributed by atoms with Crippen molar-refractivity contribution in [1.82, 2.24) is 0 Å². The number of rotatable bonds is 1. The lowest BCUT2D eigenvalue weighted by atomic mass is 9.66. The molecule has 7 rings (SSSR count). The van der Waals surface area contributed by atoms with Gasteiger partial charge in [-0.15, -0.1) is 0 Å². The van der Waals surface area contributed by atoms with Gasteiger partial charge in [-0.1, -0.05) is 97.1 Å². The van der Waals surface area contributed by atoms with Gasteiger partial charge >= 0.3 is 0 Å². The summed E-state index contributed by atoms with van der Waals surface area (Å²) < 4.78 is 6.56. The summed E-state index contributed by atoms with van der Waals surface area (Å²) in [5.41, 5.74) is 16.2. The number of fused-ring (bicyclic) bond motifs is 9. The number of hydrogen-bond donors (Lipinski definition) is 1. The molecule has 0 amide bonds. The highest BCUT2D eigenvalue weighted by atomic mass is 16.5. The van der Waals surface area contributed by atoms with Gasteiger partial charge in [0, 0.05) is 22.4 Å². The molecule has 2 N–H and O–H groups in total. The van der Waals surface area contributed by atoms with Crippen LogP contribution < -0.4 is 10.5 Å². The van der Waals surface area contributed by atoms with Crippen LogP contribution in [-0.4, -0.2) is 0 Å². The van der Waals surface area contributed by atoms with E-state index >= 15 is 0 Å². The van der Waals surface area contributed by atoms with Crippen molar-refractivity contribution in [2.75, 3.05) is 5.73 Å². The van der Waals surface area contributed by atoms with E-state index in [0.29, 0.717) is 0 Å². The second kappa shape index (κ2) is 6.60. The van der Waals surface area contributed by atoms with E-state index in [4.69, 9.17) is 10.5 Å². The molecule has 0 unspecified atom stereocenters. The van der Waals surface area contributed by atoms with Crippen LogP contribution in [0.5, 0.6) is 11.5 Å². The van der Waals surface area contributed by atoms with Crippen LogP contribution in [0.15, 0.2) is 115 Å². The molecule has 0 saturated heterocycles. The maximum absolute atomic E-state index is 6.56. The second-order valence-electron chi connectivity index (χ2n) is 8.74. The van der Waals surface area contributed by atoms with Gasteiger partial charge in [-0.05, 0) is 46.0 Å². The minimum absolute atomic E-state index is 0.419. The molecular weight excluding hydrogens is 402 g/mol. The summed E-state index contributed by atoms with van der Waals surface area (Å²) in [5, 5.41) is 0. The van der Waals surface area contributed by atoms with Gasteiger partial charge in [0.05, 0.1) is 5.41 Å². The third-order valence-corrected chi connectivity index (χ3v) is 7.12. The zero-order chi connectivity index (χ0) is 22.0. The molecule has 5 aromatic carbocycles. The molecule has 0 fully saturated rings. The number of hydrogen-bond acceptors (Lipinski definition) is 2. The Labute approximate surface area is 192 Å². The summed E-state index contributed by atoms with van der Waals surface area (Å²) in [7, 11) is 0. The van der Waals surface area contributed by atoms with Crippen LogP contribution in [0.1, 0.15) is 22.3 Å². The van der Waals surface area contributed by atoms with Gasteiger partial charge in [-0.2, -0.15) is 0 Å². The molecule has 2 heteroatoms. The number of nitrogens with two attached hydrogens (primary N) is 1. The van der Waals surface area contributed by atoms with Crippen LogP contribution in [0.3, 0.4) is 0 Å².